The van der Waals surface area contributed by atoms with Crippen molar-refractivity contribution < 1.29 is 0 Å². The van der Waals surface area contributed by atoms with Crippen LogP contribution in [0.1, 0.15) is 0 Å². The van der Waals surface area contributed by atoms with Gasteiger partial charge in [-0.3, -0.25) is 9.80 Å². The molecule has 0 aromatic rings. The summed E-state index contributed by atoms with van der Waals surface area (Å²) in [4.78, 5) is 4.84. The van der Waals surface area contributed by atoms with Crippen LogP contribution < -0.4 is 0 Å². The minimum atomic E-state index is 0.638. The number of thioether (sulfide) groups is 2. The fourth-order valence-electron chi connectivity index (χ4n) is 1.43. The number of hydrogen-bond donors (Lipinski definition) is 0. The van der Waals surface area contributed by atoms with Crippen molar-refractivity contribution in [3.63, 3.8) is 0 Å². The molecule has 2 aliphatic heterocycles. The molecule has 2 unspecified atom stereocenters. The Labute approximate surface area is 76.7 Å². The summed E-state index contributed by atoms with van der Waals surface area (Å²) in [6.45, 7) is 2.37. The van der Waals surface area contributed by atoms with Gasteiger partial charge in [0, 0.05) is 13.1 Å². The Balaban J connectivity index is 2.08. The molecule has 2 fully saturated rings. The maximum absolute atomic E-state index is 3.28. The second kappa shape index (κ2) is 3.17. The van der Waals surface area contributed by atoms with E-state index in [2.05, 4.69) is 29.0 Å². The highest BCUT2D eigenvalue weighted by Gasteiger charge is 2.38. The van der Waals surface area contributed by atoms with Crippen LogP contribution >= 0.6 is 23.5 Å². The Morgan fingerprint density at radius 2 is 1.55 bits per heavy atom. The molecule has 0 amide bonds. The Kier molecular flexibility index (Phi) is 2.37. The molecular formula is C7H12N2S2. The molecule has 2 nitrogen and oxygen atoms in total. The van der Waals surface area contributed by atoms with Gasteiger partial charge in [-0.25, -0.2) is 0 Å². The summed E-state index contributed by atoms with van der Waals surface area (Å²) in [6.07, 6.45) is 0. The second-order valence-corrected chi connectivity index (χ2v) is 5.17. The van der Waals surface area contributed by atoms with Gasteiger partial charge >= 0.3 is 0 Å². The molecule has 2 rings (SSSR count). The van der Waals surface area contributed by atoms with Crippen molar-refractivity contribution in [2.45, 2.75) is 10.7 Å². The summed E-state index contributed by atoms with van der Waals surface area (Å²) in [7, 11) is 4.40. The van der Waals surface area contributed by atoms with Gasteiger partial charge in [-0.05, 0) is 14.1 Å². The normalized spacial score (nSPS) is 40.9. The highest BCUT2D eigenvalue weighted by atomic mass is 32.2. The summed E-state index contributed by atoms with van der Waals surface area (Å²) in [5, 5.41) is 4.55. The third kappa shape index (κ3) is 1.41. The molecule has 11 heavy (non-hydrogen) atoms. The summed E-state index contributed by atoms with van der Waals surface area (Å²) >= 11 is 3.67. The average Bonchev–Trinajstić information content (AvgIpc) is 2.45. The van der Waals surface area contributed by atoms with Crippen LogP contribution in [0.15, 0.2) is 0 Å². The van der Waals surface area contributed by atoms with Gasteiger partial charge in [-0.2, -0.15) is 0 Å². The fourth-order valence-corrected chi connectivity index (χ4v) is 3.99. The van der Waals surface area contributed by atoms with E-state index in [1.165, 1.54) is 13.1 Å². The molecule has 2 atom stereocenters. The van der Waals surface area contributed by atoms with Crippen molar-refractivity contribution in [2.75, 3.05) is 27.2 Å². The Morgan fingerprint density at radius 3 is 2.00 bits per heavy atom. The zero-order valence-electron chi connectivity index (χ0n) is 6.78. The van der Waals surface area contributed by atoms with Crippen LogP contribution in [0, 0.1) is 5.08 Å². The topological polar surface area (TPSA) is 6.48 Å². The molecule has 0 aromatic carbocycles. The smallest absolute Gasteiger partial charge is 0.117 e. The first-order valence-corrected chi connectivity index (χ1v) is 5.52. The Hall–Kier alpha value is 0.620. The van der Waals surface area contributed by atoms with Crippen LogP contribution in [-0.2, 0) is 0 Å². The minimum Gasteiger partial charge on any atom is -0.291 e. The van der Waals surface area contributed by atoms with E-state index in [1.54, 1.807) is 0 Å². The van der Waals surface area contributed by atoms with Gasteiger partial charge in [0.25, 0.3) is 0 Å². The summed E-state index contributed by atoms with van der Waals surface area (Å²) < 4.78 is 0. The Morgan fingerprint density at radius 1 is 1.09 bits per heavy atom. The van der Waals surface area contributed by atoms with Gasteiger partial charge in [-0.1, -0.05) is 0 Å². The quantitative estimate of drug-likeness (QED) is 0.559. The monoisotopic (exact) mass is 188 g/mol. The molecule has 0 bridgehead atoms. The SMILES string of the molecule is CN1CCN(C)C2S[C]SC21. The molecule has 2 saturated heterocycles. The molecule has 2 heterocycles. The predicted octanol–water partition coefficient (Wildman–Crippen LogP) is 0.992. The van der Waals surface area contributed by atoms with Gasteiger partial charge in [0.15, 0.2) is 0 Å². The molecule has 0 saturated carbocycles. The zero-order chi connectivity index (χ0) is 7.84. The molecule has 0 aliphatic carbocycles. The second-order valence-electron chi connectivity index (χ2n) is 3.06. The standard InChI is InChI=1S/C7H12N2S2/c1-8-3-4-9(2)7-6(8)10-5-11-7/h6-7H,3-4H2,1-2H3. The highest BCUT2D eigenvalue weighted by molar-refractivity contribution is 8.23. The third-order valence-electron chi connectivity index (χ3n) is 2.26. The van der Waals surface area contributed by atoms with Crippen LogP contribution in [0.3, 0.4) is 0 Å². The molecule has 2 radical (unpaired) electrons. The van der Waals surface area contributed by atoms with Crippen LogP contribution in [0.25, 0.3) is 0 Å². The van der Waals surface area contributed by atoms with E-state index in [0.29, 0.717) is 10.7 Å². The maximum atomic E-state index is 3.28. The highest BCUT2D eigenvalue weighted by Crippen LogP contribution is 2.44. The van der Waals surface area contributed by atoms with Gasteiger partial charge in [-0.15, -0.1) is 23.5 Å². The average molecular weight is 188 g/mol. The van der Waals surface area contributed by atoms with Gasteiger partial charge in [0.05, 0.1) is 10.7 Å². The summed E-state index contributed by atoms with van der Waals surface area (Å²) in [5.74, 6) is 0. The zero-order valence-corrected chi connectivity index (χ0v) is 8.41. The van der Waals surface area contributed by atoms with Crippen molar-refractivity contribution in [1.29, 1.82) is 0 Å². The third-order valence-corrected chi connectivity index (χ3v) is 4.92. The lowest BCUT2D eigenvalue weighted by Crippen LogP contribution is -2.52. The van der Waals surface area contributed by atoms with E-state index >= 15 is 0 Å². The lowest BCUT2D eigenvalue weighted by molar-refractivity contribution is 0.146. The fraction of sp³-hybridized carbons (Fsp3) is 0.857. The number of nitrogens with zero attached hydrogens (tertiary/aromatic N) is 2. The van der Waals surface area contributed by atoms with Crippen LogP contribution in [0.2, 0.25) is 0 Å². The first-order valence-electron chi connectivity index (χ1n) is 3.76. The largest absolute Gasteiger partial charge is 0.291 e. The lowest BCUT2D eigenvalue weighted by Gasteiger charge is -2.39. The molecule has 0 spiro atoms. The predicted molar refractivity (Wildman–Crippen MR) is 51.3 cm³/mol. The Bertz CT molecular complexity index is 137. The maximum Gasteiger partial charge on any atom is 0.117 e. The first kappa shape index (κ1) is 8.23. The van der Waals surface area contributed by atoms with E-state index in [4.69, 9.17) is 0 Å². The number of rotatable bonds is 0. The molecular weight excluding hydrogens is 176 g/mol. The molecule has 4 heteroatoms. The first-order chi connectivity index (χ1) is 5.29. The minimum absolute atomic E-state index is 0.638. The molecule has 2 aliphatic rings. The van der Waals surface area contributed by atoms with Crippen molar-refractivity contribution in [3.05, 3.63) is 5.08 Å². The number of piperazine rings is 1. The summed E-state index contributed by atoms with van der Waals surface area (Å²) in [5.41, 5.74) is 0. The van der Waals surface area contributed by atoms with Crippen molar-refractivity contribution in [2.24, 2.45) is 0 Å². The van der Waals surface area contributed by atoms with Gasteiger partial charge < -0.3 is 0 Å². The summed E-state index contributed by atoms with van der Waals surface area (Å²) in [6, 6.07) is 0. The van der Waals surface area contributed by atoms with Crippen LogP contribution in [0.4, 0.5) is 0 Å². The molecule has 62 valence electrons. The lowest BCUT2D eigenvalue weighted by atomic mass is 10.3. The van der Waals surface area contributed by atoms with Gasteiger partial charge in [0.2, 0.25) is 0 Å². The number of fused-ring (bicyclic) bond motifs is 1. The van der Waals surface area contributed by atoms with Crippen LogP contribution in [0.5, 0.6) is 0 Å². The van der Waals surface area contributed by atoms with E-state index in [-0.39, 0.29) is 0 Å². The number of hydrogen-bond acceptors (Lipinski definition) is 4. The number of likely N-dealkylation sites (N-methyl/N-ethyl adjacent to an activating group) is 2. The van der Waals surface area contributed by atoms with Crippen molar-refractivity contribution in [3.8, 4) is 0 Å². The van der Waals surface area contributed by atoms with E-state index in [1.807, 2.05) is 23.5 Å². The van der Waals surface area contributed by atoms with E-state index in [9.17, 15) is 0 Å². The van der Waals surface area contributed by atoms with Crippen molar-refractivity contribution in [1.82, 2.24) is 9.80 Å². The van der Waals surface area contributed by atoms with Crippen LogP contribution in [-0.4, -0.2) is 47.7 Å². The van der Waals surface area contributed by atoms with E-state index < -0.39 is 0 Å². The van der Waals surface area contributed by atoms with Crippen molar-refractivity contribution >= 4 is 23.5 Å². The molecule has 0 aromatic heterocycles. The van der Waals surface area contributed by atoms with Gasteiger partial charge in [0.1, 0.15) is 5.08 Å². The molecule has 0 N–H and O–H groups in total. The van der Waals surface area contributed by atoms with E-state index in [0.717, 1.165) is 0 Å².